The van der Waals surface area contributed by atoms with Gasteiger partial charge in [-0.1, -0.05) is 30.3 Å². The minimum absolute atomic E-state index is 0.612. The van der Waals surface area contributed by atoms with Gasteiger partial charge in [-0.25, -0.2) is 0 Å². The predicted molar refractivity (Wildman–Crippen MR) is 76.8 cm³/mol. The minimum atomic E-state index is 0.612. The van der Waals surface area contributed by atoms with Crippen LogP contribution in [0.15, 0.2) is 42.7 Å². The van der Waals surface area contributed by atoms with Gasteiger partial charge in [-0.2, -0.15) is 5.10 Å². The van der Waals surface area contributed by atoms with Gasteiger partial charge in [0.15, 0.2) is 5.75 Å². The quantitative estimate of drug-likeness (QED) is 0.839. The Kier molecular flexibility index (Phi) is 4.33. The van der Waals surface area contributed by atoms with E-state index >= 15 is 0 Å². The average molecular weight is 272 g/mol. The second-order valence-corrected chi connectivity index (χ2v) is 5.23. The van der Waals surface area contributed by atoms with E-state index in [0.717, 1.165) is 45.0 Å². The van der Waals surface area contributed by atoms with Crippen LogP contribution in [0.4, 0.5) is 0 Å². The molecule has 1 aliphatic rings. The Morgan fingerprint density at radius 3 is 2.80 bits per heavy atom. The second-order valence-electron chi connectivity index (χ2n) is 5.23. The zero-order valence-electron chi connectivity index (χ0n) is 11.6. The summed E-state index contributed by atoms with van der Waals surface area (Å²) in [6, 6.07) is 10.3. The summed E-state index contributed by atoms with van der Waals surface area (Å²) >= 11 is 0. The van der Waals surface area contributed by atoms with Crippen molar-refractivity contribution < 1.29 is 9.47 Å². The lowest BCUT2D eigenvalue weighted by atomic mass is 10.0. The van der Waals surface area contributed by atoms with Crippen molar-refractivity contribution in [2.24, 2.45) is 5.92 Å². The van der Waals surface area contributed by atoms with Crippen LogP contribution in [-0.4, -0.2) is 29.6 Å². The maximum Gasteiger partial charge on any atom is 0.157 e. The molecule has 3 rings (SSSR count). The van der Waals surface area contributed by atoms with Crippen LogP contribution in [-0.2, 0) is 11.3 Å². The first-order valence-corrected chi connectivity index (χ1v) is 7.17. The largest absolute Gasteiger partial charge is 0.490 e. The molecule has 0 N–H and O–H groups in total. The predicted octanol–water partition coefficient (Wildman–Crippen LogP) is 2.74. The van der Waals surface area contributed by atoms with E-state index in [9.17, 15) is 0 Å². The molecule has 1 aromatic heterocycles. The van der Waals surface area contributed by atoms with Gasteiger partial charge in [0.25, 0.3) is 0 Å². The standard InChI is InChI=1S/C16H20N2O2/c1-2-4-14(5-3-1)11-18-12-16(10-17-18)20-13-15-6-8-19-9-7-15/h1-5,10,12,15H,6-9,11,13H2. The van der Waals surface area contributed by atoms with Crippen molar-refractivity contribution in [2.75, 3.05) is 19.8 Å². The smallest absolute Gasteiger partial charge is 0.157 e. The van der Waals surface area contributed by atoms with E-state index in [1.54, 1.807) is 6.20 Å². The number of aromatic nitrogens is 2. The summed E-state index contributed by atoms with van der Waals surface area (Å²) < 4.78 is 13.1. The lowest BCUT2D eigenvalue weighted by Crippen LogP contribution is -2.21. The molecule has 0 atom stereocenters. The fraction of sp³-hybridized carbons (Fsp3) is 0.438. The summed E-state index contributed by atoms with van der Waals surface area (Å²) in [5.41, 5.74) is 1.24. The SMILES string of the molecule is c1ccc(Cn2cc(OCC3CCOCC3)cn2)cc1. The summed E-state index contributed by atoms with van der Waals surface area (Å²) in [4.78, 5) is 0. The zero-order valence-corrected chi connectivity index (χ0v) is 11.6. The lowest BCUT2D eigenvalue weighted by Gasteiger charge is -2.21. The van der Waals surface area contributed by atoms with Gasteiger partial charge < -0.3 is 9.47 Å². The van der Waals surface area contributed by atoms with E-state index in [1.165, 1.54) is 5.56 Å². The van der Waals surface area contributed by atoms with Gasteiger partial charge in [0, 0.05) is 13.2 Å². The number of benzene rings is 1. The minimum Gasteiger partial charge on any atom is -0.490 e. The second kappa shape index (κ2) is 6.57. The van der Waals surface area contributed by atoms with E-state index in [2.05, 4.69) is 17.2 Å². The van der Waals surface area contributed by atoms with E-state index < -0.39 is 0 Å². The Balaban J connectivity index is 1.51. The van der Waals surface area contributed by atoms with Crippen molar-refractivity contribution in [3.05, 3.63) is 48.3 Å². The molecule has 20 heavy (non-hydrogen) atoms. The number of nitrogens with zero attached hydrogens (tertiary/aromatic N) is 2. The molecular formula is C16H20N2O2. The zero-order chi connectivity index (χ0) is 13.6. The van der Waals surface area contributed by atoms with Crippen LogP contribution in [0.25, 0.3) is 0 Å². The molecule has 0 saturated carbocycles. The molecule has 1 aromatic carbocycles. The summed E-state index contributed by atoms with van der Waals surface area (Å²) in [5, 5.41) is 4.34. The third kappa shape index (κ3) is 3.61. The molecule has 1 aliphatic heterocycles. The Bertz CT molecular complexity index is 518. The number of hydrogen-bond acceptors (Lipinski definition) is 3. The highest BCUT2D eigenvalue weighted by Gasteiger charge is 2.14. The first-order valence-electron chi connectivity index (χ1n) is 7.17. The van der Waals surface area contributed by atoms with E-state index in [0.29, 0.717) is 5.92 Å². The number of hydrogen-bond donors (Lipinski definition) is 0. The third-order valence-electron chi connectivity index (χ3n) is 3.62. The third-order valence-corrected chi connectivity index (χ3v) is 3.62. The van der Waals surface area contributed by atoms with E-state index in [1.807, 2.05) is 29.1 Å². The molecule has 0 unspecified atom stereocenters. The number of rotatable bonds is 5. The van der Waals surface area contributed by atoms with Crippen LogP contribution in [0, 0.1) is 5.92 Å². The molecular weight excluding hydrogens is 252 g/mol. The first kappa shape index (κ1) is 13.2. The van der Waals surface area contributed by atoms with Crippen molar-refractivity contribution >= 4 is 0 Å². The van der Waals surface area contributed by atoms with Crippen LogP contribution in [0.5, 0.6) is 5.75 Å². The summed E-state index contributed by atoms with van der Waals surface area (Å²) in [6.07, 6.45) is 5.95. The van der Waals surface area contributed by atoms with Crippen molar-refractivity contribution in [1.29, 1.82) is 0 Å². The highest BCUT2D eigenvalue weighted by atomic mass is 16.5. The molecule has 1 fully saturated rings. The molecule has 0 aliphatic carbocycles. The summed E-state index contributed by atoms with van der Waals surface area (Å²) in [7, 11) is 0. The van der Waals surface area contributed by atoms with Gasteiger partial charge in [0.2, 0.25) is 0 Å². The molecule has 2 aromatic rings. The Hall–Kier alpha value is -1.81. The fourth-order valence-corrected chi connectivity index (χ4v) is 2.40. The van der Waals surface area contributed by atoms with E-state index in [4.69, 9.17) is 9.47 Å². The Morgan fingerprint density at radius 1 is 1.20 bits per heavy atom. The maximum absolute atomic E-state index is 5.82. The van der Waals surface area contributed by atoms with Crippen LogP contribution >= 0.6 is 0 Å². The van der Waals surface area contributed by atoms with Gasteiger partial charge in [0.05, 0.1) is 25.5 Å². The molecule has 1 saturated heterocycles. The molecule has 4 nitrogen and oxygen atoms in total. The highest BCUT2D eigenvalue weighted by Crippen LogP contribution is 2.17. The van der Waals surface area contributed by atoms with Crippen molar-refractivity contribution in [2.45, 2.75) is 19.4 Å². The molecule has 2 heterocycles. The molecule has 106 valence electrons. The molecule has 0 bridgehead atoms. The Labute approximate surface area is 119 Å². The van der Waals surface area contributed by atoms with Crippen molar-refractivity contribution in [3.8, 4) is 5.75 Å². The van der Waals surface area contributed by atoms with Gasteiger partial charge in [-0.3, -0.25) is 4.68 Å². The summed E-state index contributed by atoms with van der Waals surface area (Å²) in [6.45, 7) is 3.27. The first-order chi connectivity index (χ1) is 9.90. The van der Waals surface area contributed by atoms with Crippen LogP contribution in [0.3, 0.4) is 0 Å². The monoisotopic (exact) mass is 272 g/mol. The fourth-order valence-electron chi connectivity index (χ4n) is 2.40. The molecule has 4 heteroatoms. The van der Waals surface area contributed by atoms with Crippen molar-refractivity contribution in [1.82, 2.24) is 9.78 Å². The maximum atomic E-state index is 5.82. The highest BCUT2D eigenvalue weighted by molar-refractivity contribution is 5.17. The molecule has 0 amide bonds. The average Bonchev–Trinajstić information content (AvgIpc) is 2.95. The van der Waals surface area contributed by atoms with Crippen LogP contribution in [0.2, 0.25) is 0 Å². The van der Waals surface area contributed by atoms with Gasteiger partial charge in [-0.15, -0.1) is 0 Å². The Morgan fingerprint density at radius 2 is 2.00 bits per heavy atom. The number of ether oxygens (including phenoxy) is 2. The molecule has 0 spiro atoms. The van der Waals surface area contributed by atoms with Crippen LogP contribution in [0.1, 0.15) is 18.4 Å². The topological polar surface area (TPSA) is 36.3 Å². The summed E-state index contributed by atoms with van der Waals surface area (Å²) in [5.74, 6) is 1.47. The van der Waals surface area contributed by atoms with E-state index in [-0.39, 0.29) is 0 Å². The normalized spacial score (nSPS) is 16.2. The lowest BCUT2D eigenvalue weighted by molar-refractivity contribution is 0.0497. The van der Waals surface area contributed by atoms with Gasteiger partial charge in [0.1, 0.15) is 0 Å². The van der Waals surface area contributed by atoms with Gasteiger partial charge >= 0.3 is 0 Å². The molecule has 0 radical (unpaired) electrons. The van der Waals surface area contributed by atoms with Gasteiger partial charge in [-0.05, 0) is 24.3 Å². The van der Waals surface area contributed by atoms with Crippen molar-refractivity contribution in [3.63, 3.8) is 0 Å². The van der Waals surface area contributed by atoms with Crippen LogP contribution < -0.4 is 4.74 Å².